The van der Waals surface area contributed by atoms with Crippen molar-refractivity contribution in [3.8, 4) is 39.6 Å². The van der Waals surface area contributed by atoms with Crippen molar-refractivity contribution in [2.75, 3.05) is 0 Å². The lowest BCUT2D eigenvalue weighted by Gasteiger charge is -2.14. The van der Waals surface area contributed by atoms with Crippen molar-refractivity contribution >= 4 is 54.1 Å². The highest BCUT2D eigenvalue weighted by atomic mass is 15.0. The second-order valence-corrected chi connectivity index (χ2v) is 12.6. The molecule has 0 atom stereocenters. The summed E-state index contributed by atoms with van der Waals surface area (Å²) in [5.74, 6) is 0.713. The van der Waals surface area contributed by atoms with Gasteiger partial charge in [-0.3, -0.25) is 0 Å². The van der Waals surface area contributed by atoms with Gasteiger partial charge in [0.1, 0.15) is 0 Å². The van der Waals surface area contributed by atoms with Gasteiger partial charge in [-0.15, -0.1) is 0 Å². The minimum atomic E-state index is 0.713. The molecule has 8 aromatic carbocycles. The molecular formula is C46H29N3. The Morgan fingerprint density at radius 3 is 1.69 bits per heavy atom. The van der Waals surface area contributed by atoms with E-state index in [0.29, 0.717) is 5.82 Å². The number of aromatic nitrogens is 3. The van der Waals surface area contributed by atoms with Crippen LogP contribution in [0.5, 0.6) is 0 Å². The van der Waals surface area contributed by atoms with Crippen LogP contribution in [-0.4, -0.2) is 14.5 Å². The molecule has 49 heavy (non-hydrogen) atoms. The molecule has 0 aliphatic heterocycles. The molecule has 0 aliphatic rings. The molecule has 10 aromatic rings. The smallest absolute Gasteiger partial charge is 0.160 e. The zero-order valence-electron chi connectivity index (χ0n) is 26.6. The Morgan fingerprint density at radius 1 is 0.347 bits per heavy atom. The Balaban J connectivity index is 1.22. The topological polar surface area (TPSA) is 30.7 Å². The molecule has 0 fully saturated rings. The predicted molar refractivity (Wildman–Crippen MR) is 205 cm³/mol. The molecule has 3 nitrogen and oxygen atoms in total. The standard InChI is InChI=1S/C46H29N3/c1-3-13-31(14-4-1)42-29-43(48-46(47-42)32-15-5-2-6-16-32)33-17-11-18-34(28-33)49-44-21-10-9-20-39(44)41-27-25-38-37-23-22-30-12-7-8-19-35(30)36(37)24-26-40(38)45(41)49/h1-29H. The van der Waals surface area contributed by atoms with Crippen molar-refractivity contribution < 1.29 is 0 Å². The molecule has 0 unspecified atom stereocenters. The summed E-state index contributed by atoms with van der Waals surface area (Å²) >= 11 is 0. The highest BCUT2D eigenvalue weighted by Gasteiger charge is 2.18. The zero-order valence-corrected chi connectivity index (χ0v) is 26.6. The highest BCUT2D eigenvalue weighted by Crippen LogP contribution is 2.40. The van der Waals surface area contributed by atoms with Gasteiger partial charge in [-0.25, -0.2) is 9.97 Å². The van der Waals surface area contributed by atoms with Gasteiger partial charge in [-0.1, -0.05) is 152 Å². The number of hydrogen-bond donors (Lipinski definition) is 0. The Bertz CT molecular complexity index is 2810. The first kappa shape index (κ1) is 27.5. The lowest BCUT2D eigenvalue weighted by Crippen LogP contribution is -1.98. The van der Waals surface area contributed by atoms with Gasteiger partial charge in [0.2, 0.25) is 0 Å². The van der Waals surface area contributed by atoms with Crippen LogP contribution >= 0.6 is 0 Å². The fourth-order valence-electron chi connectivity index (χ4n) is 7.50. The van der Waals surface area contributed by atoms with Gasteiger partial charge in [0.05, 0.1) is 22.4 Å². The molecule has 0 spiro atoms. The summed E-state index contributed by atoms with van der Waals surface area (Å²) < 4.78 is 2.43. The van der Waals surface area contributed by atoms with E-state index >= 15 is 0 Å². The third-order valence-corrected chi connectivity index (χ3v) is 9.78. The maximum atomic E-state index is 5.14. The van der Waals surface area contributed by atoms with Crippen LogP contribution < -0.4 is 0 Å². The minimum absolute atomic E-state index is 0.713. The summed E-state index contributed by atoms with van der Waals surface area (Å²) in [5.41, 5.74) is 8.37. The second kappa shape index (κ2) is 11.0. The van der Waals surface area contributed by atoms with E-state index in [4.69, 9.17) is 9.97 Å². The Hall–Kier alpha value is -6.58. The first-order chi connectivity index (χ1) is 24.3. The zero-order chi connectivity index (χ0) is 32.3. The second-order valence-electron chi connectivity index (χ2n) is 12.6. The van der Waals surface area contributed by atoms with Gasteiger partial charge < -0.3 is 4.57 Å². The Morgan fingerprint density at radius 2 is 0.898 bits per heavy atom. The van der Waals surface area contributed by atoms with E-state index in [-0.39, 0.29) is 0 Å². The molecule has 0 saturated heterocycles. The Kier molecular flexibility index (Phi) is 6.18. The molecule has 0 amide bonds. The molecule has 0 N–H and O–H groups in total. The minimum Gasteiger partial charge on any atom is -0.309 e. The first-order valence-electron chi connectivity index (χ1n) is 16.7. The Labute approximate surface area is 283 Å². The average molecular weight is 624 g/mol. The summed E-state index contributed by atoms with van der Waals surface area (Å²) in [6.07, 6.45) is 0. The molecule has 2 heterocycles. The van der Waals surface area contributed by atoms with Crippen molar-refractivity contribution in [3.63, 3.8) is 0 Å². The molecule has 228 valence electrons. The molecule has 3 heteroatoms. The maximum Gasteiger partial charge on any atom is 0.160 e. The van der Waals surface area contributed by atoms with Gasteiger partial charge in [-0.2, -0.15) is 0 Å². The van der Waals surface area contributed by atoms with Crippen LogP contribution in [0.2, 0.25) is 0 Å². The normalized spacial score (nSPS) is 11.7. The van der Waals surface area contributed by atoms with E-state index in [1.165, 1.54) is 54.1 Å². The lowest BCUT2D eigenvalue weighted by molar-refractivity contribution is 1.17. The van der Waals surface area contributed by atoms with Crippen LogP contribution in [-0.2, 0) is 0 Å². The SMILES string of the molecule is c1ccc(-c2cc(-c3cccc(-n4c5ccccc5c5ccc6c7ccc8ccccc8c7ccc6c54)c3)nc(-c3ccccc3)n2)cc1. The van der Waals surface area contributed by atoms with Gasteiger partial charge in [-0.05, 0) is 51.2 Å². The third-order valence-electron chi connectivity index (χ3n) is 9.78. The molecule has 0 aliphatic carbocycles. The largest absolute Gasteiger partial charge is 0.309 e. The van der Waals surface area contributed by atoms with Crippen LogP contribution in [0.15, 0.2) is 176 Å². The van der Waals surface area contributed by atoms with Crippen molar-refractivity contribution in [1.82, 2.24) is 14.5 Å². The number of hydrogen-bond acceptors (Lipinski definition) is 2. The van der Waals surface area contributed by atoms with E-state index in [1.54, 1.807) is 0 Å². The molecule has 10 rings (SSSR count). The monoisotopic (exact) mass is 623 g/mol. The predicted octanol–water partition coefficient (Wildman–Crippen LogP) is 12.0. The fourth-order valence-corrected chi connectivity index (χ4v) is 7.50. The third kappa shape index (κ3) is 4.44. The van der Waals surface area contributed by atoms with Crippen LogP contribution in [0.1, 0.15) is 0 Å². The number of para-hydroxylation sites is 1. The lowest BCUT2D eigenvalue weighted by atomic mass is 9.96. The molecule has 0 saturated carbocycles. The molecule has 2 aromatic heterocycles. The fraction of sp³-hybridized carbons (Fsp3) is 0. The molecular weight excluding hydrogens is 595 g/mol. The van der Waals surface area contributed by atoms with Gasteiger partial charge in [0.15, 0.2) is 5.82 Å². The van der Waals surface area contributed by atoms with Crippen LogP contribution in [0, 0.1) is 0 Å². The van der Waals surface area contributed by atoms with E-state index in [0.717, 1.165) is 33.8 Å². The van der Waals surface area contributed by atoms with E-state index < -0.39 is 0 Å². The average Bonchev–Trinajstić information content (AvgIpc) is 3.53. The van der Waals surface area contributed by atoms with E-state index in [1.807, 2.05) is 24.3 Å². The number of rotatable bonds is 4. The summed E-state index contributed by atoms with van der Waals surface area (Å²) in [5, 5.41) is 10.1. The summed E-state index contributed by atoms with van der Waals surface area (Å²) in [4.78, 5) is 10.2. The van der Waals surface area contributed by atoms with Gasteiger partial charge in [0, 0.05) is 38.5 Å². The quantitative estimate of drug-likeness (QED) is 0.183. The number of nitrogens with zero attached hydrogens (tertiary/aromatic N) is 3. The maximum absolute atomic E-state index is 5.14. The number of fused-ring (bicyclic) bond motifs is 9. The molecule has 0 radical (unpaired) electrons. The van der Waals surface area contributed by atoms with E-state index in [2.05, 4.69) is 156 Å². The van der Waals surface area contributed by atoms with Crippen molar-refractivity contribution in [3.05, 3.63) is 176 Å². The van der Waals surface area contributed by atoms with Crippen LogP contribution in [0.25, 0.3) is 93.7 Å². The summed E-state index contributed by atoms with van der Waals surface area (Å²) in [6, 6.07) is 62.6. The van der Waals surface area contributed by atoms with Crippen molar-refractivity contribution in [2.45, 2.75) is 0 Å². The first-order valence-corrected chi connectivity index (χ1v) is 16.7. The molecule has 0 bridgehead atoms. The highest BCUT2D eigenvalue weighted by molar-refractivity contribution is 6.25. The number of benzene rings is 8. The van der Waals surface area contributed by atoms with E-state index in [9.17, 15) is 0 Å². The van der Waals surface area contributed by atoms with Crippen molar-refractivity contribution in [1.29, 1.82) is 0 Å². The van der Waals surface area contributed by atoms with Gasteiger partial charge >= 0.3 is 0 Å². The summed E-state index contributed by atoms with van der Waals surface area (Å²) in [7, 11) is 0. The van der Waals surface area contributed by atoms with Crippen LogP contribution in [0.3, 0.4) is 0 Å². The van der Waals surface area contributed by atoms with Gasteiger partial charge in [0.25, 0.3) is 0 Å². The summed E-state index contributed by atoms with van der Waals surface area (Å²) in [6.45, 7) is 0. The van der Waals surface area contributed by atoms with Crippen LogP contribution in [0.4, 0.5) is 0 Å². The van der Waals surface area contributed by atoms with Crippen molar-refractivity contribution in [2.24, 2.45) is 0 Å².